The normalized spacial score (nSPS) is 18.0. The van der Waals surface area contributed by atoms with Crippen molar-refractivity contribution in [1.29, 1.82) is 0 Å². The lowest BCUT2D eigenvalue weighted by molar-refractivity contribution is -0.140. The topological polar surface area (TPSA) is 49.9 Å². The number of rotatable bonds is 6. The molecule has 0 unspecified atom stereocenters. The van der Waals surface area contributed by atoms with E-state index in [4.69, 9.17) is 4.74 Å². The van der Waals surface area contributed by atoms with Gasteiger partial charge in [0.2, 0.25) is 5.91 Å². The quantitative estimate of drug-likeness (QED) is 0.762. The molecule has 0 radical (unpaired) electrons. The number of carbonyl (C=O) groups excluding carboxylic acids is 2. The van der Waals surface area contributed by atoms with Gasteiger partial charge in [0.05, 0.1) is 0 Å². The zero-order chi connectivity index (χ0) is 19.2. The minimum absolute atomic E-state index is 0.148. The largest absolute Gasteiger partial charge is 0.481 e. The fourth-order valence-electron chi connectivity index (χ4n) is 3.81. The van der Waals surface area contributed by atoms with E-state index in [2.05, 4.69) is 0 Å². The molecular formula is C20H26F2N2O3. The first-order chi connectivity index (χ1) is 13.0. The molecule has 0 N–H and O–H groups in total. The van der Waals surface area contributed by atoms with Gasteiger partial charge in [-0.2, -0.15) is 0 Å². The second kappa shape index (κ2) is 9.15. The van der Waals surface area contributed by atoms with Crippen molar-refractivity contribution in [2.75, 3.05) is 32.8 Å². The standard InChI is InChI=1S/C20H26F2N2O3/c21-16-6-7-18(17(22)13-16)27-14-20(26)24-11-9-23(10-12-24)19(25)8-5-15-3-1-2-4-15/h6-7,13,15H,1-5,8-12,14H2. The van der Waals surface area contributed by atoms with Gasteiger partial charge in [-0.15, -0.1) is 0 Å². The maximum absolute atomic E-state index is 13.5. The molecule has 5 nitrogen and oxygen atoms in total. The Morgan fingerprint density at radius 2 is 1.63 bits per heavy atom. The van der Waals surface area contributed by atoms with Crippen molar-refractivity contribution in [1.82, 2.24) is 9.80 Å². The Morgan fingerprint density at radius 3 is 2.26 bits per heavy atom. The van der Waals surface area contributed by atoms with Gasteiger partial charge in [-0.1, -0.05) is 25.7 Å². The third-order valence-electron chi connectivity index (χ3n) is 5.47. The summed E-state index contributed by atoms with van der Waals surface area (Å²) in [5.74, 6) is -1.08. The number of benzene rings is 1. The van der Waals surface area contributed by atoms with Gasteiger partial charge in [0, 0.05) is 38.7 Å². The van der Waals surface area contributed by atoms with Crippen molar-refractivity contribution in [2.24, 2.45) is 5.92 Å². The molecule has 7 heteroatoms. The van der Waals surface area contributed by atoms with Gasteiger partial charge in [-0.25, -0.2) is 8.78 Å². The Bertz CT molecular complexity index is 669. The summed E-state index contributed by atoms with van der Waals surface area (Å²) in [7, 11) is 0. The van der Waals surface area contributed by atoms with Gasteiger partial charge < -0.3 is 14.5 Å². The molecule has 2 amide bonds. The molecule has 148 valence electrons. The Balaban J connectivity index is 1.38. The van der Waals surface area contributed by atoms with Crippen molar-refractivity contribution in [3.05, 3.63) is 29.8 Å². The van der Waals surface area contributed by atoms with Gasteiger partial charge >= 0.3 is 0 Å². The van der Waals surface area contributed by atoms with Crippen LogP contribution >= 0.6 is 0 Å². The van der Waals surface area contributed by atoms with Crippen molar-refractivity contribution in [2.45, 2.75) is 38.5 Å². The van der Waals surface area contributed by atoms with E-state index in [1.807, 2.05) is 4.90 Å². The van der Waals surface area contributed by atoms with Crippen molar-refractivity contribution >= 4 is 11.8 Å². The molecule has 0 bridgehead atoms. The molecule has 1 heterocycles. The summed E-state index contributed by atoms with van der Waals surface area (Å²) < 4.78 is 31.6. The molecule has 0 spiro atoms. The van der Waals surface area contributed by atoms with Crippen LogP contribution in [0.3, 0.4) is 0 Å². The van der Waals surface area contributed by atoms with Crippen molar-refractivity contribution in [3.8, 4) is 5.75 Å². The molecule has 27 heavy (non-hydrogen) atoms. The number of hydrogen-bond donors (Lipinski definition) is 0. The van der Waals surface area contributed by atoms with E-state index in [9.17, 15) is 18.4 Å². The summed E-state index contributed by atoms with van der Waals surface area (Å²) >= 11 is 0. The minimum atomic E-state index is -0.833. The summed E-state index contributed by atoms with van der Waals surface area (Å²) in [6.07, 6.45) is 6.60. The number of nitrogens with zero attached hydrogens (tertiary/aromatic N) is 2. The molecule has 0 aromatic heterocycles. The lowest BCUT2D eigenvalue weighted by atomic mass is 10.0. The van der Waals surface area contributed by atoms with Gasteiger partial charge in [-0.05, 0) is 24.5 Å². The summed E-state index contributed by atoms with van der Waals surface area (Å²) in [5.41, 5.74) is 0. The average Bonchev–Trinajstić information content (AvgIpc) is 3.19. The Hall–Kier alpha value is -2.18. The minimum Gasteiger partial charge on any atom is -0.481 e. The smallest absolute Gasteiger partial charge is 0.260 e. The van der Waals surface area contributed by atoms with Crippen LogP contribution in [-0.2, 0) is 9.59 Å². The van der Waals surface area contributed by atoms with Crippen LogP contribution in [0.1, 0.15) is 38.5 Å². The summed E-state index contributed by atoms with van der Waals surface area (Å²) in [6.45, 7) is 1.62. The van der Waals surface area contributed by atoms with Crippen LogP contribution in [0.2, 0.25) is 0 Å². The van der Waals surface area contributed by atoms with Gasteiger partial charge in [0.1, 0.15) is 5.82 Å². The first kappa shape index (κ1) is 19.6. The highest BCUT2D eigenvalue weighted by Crippen LogP contribution is 2.28. The van der Waals surface area contributed by atoms with E-state index in [1.165, 1.54) is 31.7 Å². The monoisotopic (exact) mass is 380 g/mol. The van der Waals surface area contributed by atoms with Crippen molar-refractivity contribution in [3.63, 3.8) is 0 Å². The van der Waals surface area contributed by atoms with Gasteiger partial charge in [0.25, 0.3) is 5.91 Å². The number of halogens is 2. The zero-order valence-corrected chi connectivity index (χ0v) is 15.5. The lowest BCUT2D eigenvalue weighted by Gasteiger charge is -2.35. The van der Waals surface area contributed by atoms with Crippen molar-refractivity contribution < 1.29 is 23.1 Å². The Morgan fingerprint density at radius 1 is 1.00 bits per heavy atom. The Kier molecular flexibility index (Phi) is 6.63. The number of piperazine rings is 1. The molecule has 1 aliphatic carbocycles. The third-order valence-corrected chi connectivity index (χ3v) is 5.47. The molecule has 1 aliphatic heterocycles. The van der Waals surface area contributed by atoms with Gasteiger partial charge in [0.15, 0.2) is 18.2 Å². The van der Waals surface area contributed by atoms with Crippen LogP contribution in [0.15, 0.2) is 18.2 Å². The molecular weight excluding hydrogens is 354 g/mol. The summed E-state index contributed by atoms with van der Waals surface area (Å²) in [6, 6.07) is 2.97. The van der Waals surface area contributed by atoms with Crippen LogP contribution in [0.5, 0.6) is 5.75 Å². The fraction of sp³-hybridized carbons (Fsp3) is 0.600. The lowest BCUT2D eigenvalue weighted by Crippen LogP contribution is -2.51. The molecule has 1 aromatic carbocycles. The van der Waals surface area contributed by atoms with Crippen LogP contribution < -0.4 is 4.74 Å². The average molecular weight is 380 g/mol. The van der Waals surface area contributed by atoms with Crippen LogP contribution in [-0.4, -0.2) is 54.4 Å². The molecule has 2 fully saturated rings. The van der Waals surface area contributed by atoms with Crippen LogP contribution in [0, 0.1) is 17.6 Å². The second-order valence-corrected chi connectivity index (χ2v) is 7.31. The van der Waals surface area contributed by atoms with Crippen LogP contribution in [0.25, 0.3) is 0 Å². The molecule has 1 aromatic rings. The number of hydrogen-bond acceptors (Lipinski definition) is 3. The summed E-state index contributed by atoms with van der Waals surface area (Å²) in [4.78, 5) is 28.0. The fourth-order valence-corrected chi connectivity index (χ4v) is 3.81. The van der Waals surface area contributed by atoms with E-state index < -0.39 is 11.6 Å². The predicted octanol–water partition coefficient (Wildman–Crippen LogP) is 2.98. The van der Waals surface area contributed by atoms with E-state index in [1.54, 1.807) is 4.90 Å². The predicted molar refractivity (Wildman–Crippen MR) is 96.2 cm³/mol. The number of amides is 2. The van der Waals surface area contributed by atoms with E-state index in [0.29, 0.717) is 38.5 Å². The number of ether oxygens (including phenoxy) is 1. The summed E-state index contributed by atoms with van der Waals surface area (Å²) in [5, 5.41) is 0. The van der Waals surface area contributed by atoms with E-state index in [-0.39, 0.29) is 24.2 Å². The SMILES string of the molecule is O=C(CCC1CCCC1)N1CCN(C(=O)COc2ccc(F)cc2F)CC1. The second-order valence-electron chi connectivity index (χ2n) is 7.31. The zero-order valence-electron chi connectivity index (χ0n) is 15.5. The maximum Gasteiger partial charge on any atom is 0.260 e. The third kappa shape index (κ3) is 5.40. The highest BCUT2D eigenvalue weighted by atomic mass is 19.1. The maximum atomic E-state index is 13.5. The van der Waals surface area contributed by atoms with E-state index >= 15 is 0 Å². The molecule has 1 saturated heterocycles. The van der Waals surface area contributed by atoms with Gasteiger partial charge in [-0.3, -0.25) is 9.59 Å². The highest BCUT2D eigenvalue weighted by Gasteiger charge is 2.25. The molecule has 0 atom stereocenters. The first-order valence-electron chi connectivity index (χ1n) is 9.66. The van der Waals surface area contributed by atoms with Crippen LogP contribution in [0.4, 0.5) is 8.78 Å². The van der Waals surface area contributed by atoms with E-state index in [0.717, 1.165) is 18.6 Å². The molecule has 3 rings (SSSR count). The molecule has 1 saturated carbocycles. The molecule has 2 aliphatic rings. The number of carbonyl (C=O) groups is 2. The first-order valence-corrected chi connectivity index (χ1v) is 9.66. The highest BCUT2D eigenvalue weighted by molar-refractivity contribution is 5.79. The Labute approximate surface area is 158 Å².